The molecule has 1 heterocycles. The summed E-state index contributed by atoms with van der Waals surface area (Å²) in [4.78, 5) is 7.83. The van der Waals surface area contributed by atoms with E-state index in [0.717, 1.165) is 32.2 Å². The summed E-state index contributed by atoms with van der Waals surface area (Å²) in [5.74, 6) is 1.14. The highest BCUT2D eigenvalue weighted by Crippen LogP contribution is 2.25. The molecule has 1 fully saturated rings. The van der Waals surface area contributed by atoms with E-state index in [1.165, 1.54) is 6.20 Å². The first-order chi connectivity index (χ1) is 8.15. The SMILES string of the molecule is OC1CCC(CNc2nc(Cl)ncc2Cl)CC1. The third kappa shape index (κ3) is 3.69. The van der Waals surface area contributed by atoms with E-state index in [1.807, 2.05) is 0 Å². The monoisotopic (exact) mass is 275 g/mol. The van der Waals surface area contributed by atoms with Gasteiger partial charge in [-0.2, -0.15) is 4.98 Å². The highest BCUT2D eigenvalue weighted by Gasteiger charge is 2.19. The van der Waals surface area contributed by atoms with Crippen molar-refractivity contribution in [2.24, 2.45) is 5.92 Å². The third-order valence-electron chi connectivity index (χ3n) is 3.09. The molecular weight excluding hydrogens is 261 g/mol. The molecule has 2 N–H and O–H groups in total. The Morgan fingerprint density at radius 3 is 2.71 bits per heavy atom. The summed E-state index contributed by atoms with van der Waals surface area (Å²) in [5.41, 5.74) is 0. The van der Waals surface area contributed by atoms with E-state index in [9.17, 15) is 5.11 Å². The van der Waals surface area contributed by atoms with Crippen LogP contribution in [0.4, 0.5) is 5.82 Å². The Morgan fingerprint density at radius 1 is 1.29 bits per heavy atom. The molecule has 1 aliphatic carbocycles. The Balaban J connectivity index is 1.87. The van der Waals surface area contributed by atoms with E-state index in [4.69, 9.17) is 23.2 Å². The Morgan fingerprint density at radius 2 is 2.00 bits per heavy atom. The number of rotatable bonds is 3. The third-order valence-corrected chi connectivity index (χ3v) is 3.55. The summed E-state index contributed by atoms with van der Waals surface area (Å²) in [6.45, 7) is 0.805. The highest BCUT2D eigenvalue weighted by atomic mass is 35.5. The van der Waals surface area contributed by atoms with Crippen molar-refractivity contribution in [2.75, 3.05) is 11.9 Å². The smallest absolute Gasteiger partial charge is 0.224 e. The molecule has 1 saturated carbocycles. The number of nitrogens with zero attached hydrogens (tertiary/aromatic N) is 2. The minimum atomic E-state index is -0.122. The van der Waals surface area contributed by atoms with E-state index in [2.05, 4.69) is 15.3 Å². The van der Waals surface area contributed by atoms with Crippen molar-refractivity contribution in [1.29, 1.82) is 0 Å². The second-order valence-electron chi connectivity index (χ2n) is 4.39. The maximum atomic E-state index is 9.41. The molecule has 1 aliphatic rings. The van der Waals surface area contributed by atoms with E-state index in [-0.39, 0.29) is 11.4 Å². The van der Waals surface area contributed by atoms with Gasteiger partial charge in [0, 0.05) is 6.54 Å². The summed E-state index contributed by atoms with van der Waals surface area (Å²) in [7, 11) is 0. The van der Waals surface area contributed by atoms with Crippen molar-refractivity contribution in [1.82, 2.24) is 9.97 Å². The van der Waals surface area contributed by atoms with E-state index in [0.29, 0.717) is 16.8 Å². The predicted molar refractivity (Wildman–Crippen MR) is 68.5 cm³/mol. The van der Waals surface area contributed by atoms with Gasteiger partial charge in [0.15, 0.2) is 0 Å². The first-order valence-corrected chi connectivity index (χ1v) is 6.50. The summed E-state index contributed by atoms with van der Waals surface area (Å²) in [6.07, 6.45) is 5.19. The lowest BCUT2D eigenvalue weighted by molar-refractivity contribution is 0.111. The molecule has 0 aromatic carbocycles. The fourth-order valence-corrected chi connectivity index (χ4v) is 2.35. The van der Waals surface area contributed by atoms with Crippen molar-refractivity contribution in [3.8, 4) is 0 Å². The fourth-order valence-electron chi connectivity index (χ4n) is 2.06. The predicted octanol–water partition coefficient (Wildman–Crippen LogP) is 2.75. The lowest BCUT2D eigenvalue weighted by Crippen LogP contribution is -2.23. The number of anilines is 1. The van der Waals surface area contributed by atoms with E-state index < -0.39 is 0 Å². The number of halogens is 2. The molecule has 0 bridgehead atoms. The second-order valence-corrected chi connectivity index (χ2v) is 5.14. The van der Waals surface area contributed by atoms with E-state index in [1.54, 1.807) is 0 Å². The molecule has 0 atom stereocenters. The van der Waals surface area contributed by atoms with Gasteiger partial charge in [0.25, 0.3) is 0 Å². The number of nitrogens with one attached hydrogen (secondary N) is 1. The van der Waals surface area contributed by atoms with Crippen molar-refractivity contribution in [3.63, 3.8) is 0 Å². The zero-order valence-electron chi connectivity index (χ0n) is 9.37. The average molecular weight is 276 g/mol. The van der Waals surface area contributed by atoms with Crippen LogP contribution in [0.15, 0.2) is 6.20 Å². The van der Waals surface area contributed by atoms with Gasteiger partial charge in [0.05, 0.1) is 12.3 Å². The Hall–Kier alpha value is -0.580. The van der Waals surface area contributed by atoms with Crippen LogP contribution in [0.25, 0.3) is 0 Å². The molecule has 1 aromatic rings. The van der Waals surface area contributed by atoms with Crippen molar-refractivity contribution >= 4 is 29.0 Å². The van der Waals surface area contributed by atoms with Crippen LogP contribution in [0.3, 0.4) is 0 Å². The minimum absolute atomic E-state index is 0.122. The quantitative estimate of drug-likeness (QED) is 0.833. The summed E-state index contributed by atoms with van der Waals surface area (Å²) < 4.78 is 0. The standard InChI is InChI=1S/C11H15Cl2N3O/c12-9-6-15-11(13)16-10(9)14-5-7-1-3-8(17)4-2-7/h6-8,17H,1-5H2,(H,14,15,16). The zero-order chi connectivity index (χ0) is 12.3. The molecule has 0 unspecified atom stereocenters. The molecule has 94 valence electrons. The van der Waals surface area contributed by atoms with Crippen LogP contribution in [0, 0.1) is 5.92 Å². The van der Waals surface area contributed by atoms with Crippen LogP contribution < -0.4 is 5.32 Å². The summed E-state index contributed by atoms with van der Waals surface area (Å²) in [5, 5.41) is 13.3. The van der Waals surface area contributed by atoms with Crippen LogP contribution in [0.1, 0.15) is 25.7 Å². The van der Waals surface area contributed by atoms with Crippen LogP contribution >= 0.6 is 23.2 Å². The van der Waals surface area contributed by atoms with E-state index >= 15 is 0 Å². The first kappa shape index (κ1) is 12.9. The Labute approximate surface area is 110 Å². The van der Waals surface area contributed by atoms with Gasteiger partial charge in [-0.3, -0.25) is 0 Å². The topological polar surface area (TPSA) is 58.0 Å². The number of aromatic nitrogens is 2. The number of aliphatic hydroxyl groups is 1. The lowest BCUT2D eigenvalue weighted by atomic mass is 9.87. The maximum Gasteiger partial charge on any atom is 0.224 e. The normalized spacial score (nSPS) is 24.6. The van der Waals surface area contributed by atoms with Gasteiger partial charge in [-0.1, -0.05) is 11.6 Å². The van der Waals surface area contributed by atoms with Gasteiger partial charge in [-0.15, -0.1) is 0 Å². The molecule has 0 spiro atoms. The lowest BCUT2D eigenvalue weighted by Gasteiger charge is -2.25. The molecule has 0 aliphatic heterocycles. The van der Waals surface area contributed by atoms with Gasteiger partial charge in [-0.25, -0.2) is 4.98 Å². The maximum absolute atomic E-state index is 9.41. The zero-order valence-corrected chi connectivity index (χ0v) is 10.9. The second kappa shape index (κ2) is 5.85. The number of aliphatic hydroxyl groups excluding tert-OH is 1. The van der Waals surface area contributed by atoms with Crippen molar-refractivity contribution in [2.45, 2.75) is 31.8 Å². The van der Waals surface area contributed by atoms with Crippen molar-refractivity contribution < 1.29 is 5.11 Å². The number of hydrogen-bond donors (Lipinski definition) is 2. The molecular formula is C11H15Cl2N3O. The molecule has 17 heavy (non-hydrogen) atoms. The largest absolute Gasteiger partial charge is 0.393 e. The molecule has 4 nitrogen and oxygen atoms in total. The van der Waals surface area contributed by atoms with Crippen molar-refractivity contribution in [3.05, 3.63) is 16.5 Å². The van der Waals surface area contributed by atoms with Gasteiger partial charge in [0.1, 0.15) is 10.8 Å². The number of hydrogen-bond acceptors (Lipinski definition) is 4. The van der Waals surface area contributed by atoms with Gasteiger partial charge in [-0.05, 0) is 43.2 Å². The molecule has 0 saturated heterocycles. The van der Waals surface area contributed by atoms with Gasteiger partial charge < -0.3 is 10.4 Å². The van der Waals surface area contributed by atoms with Crippen LogP contribution in [0.2, 0.25) is 10.3 Å². The molecule has 0 amide bonds. The Kier molecular flexibility index (Phi) is 4.42. The van der Waals surface area contributed by atoms with Gasteiger partial charge in [0.2, 0.25) is 5.28 Å². The van der Waals surface area contributed by atoms with Gasteiger partial charge >= 0.3 is 0 Å². The average Bonchev–Trinajstić information content (AvgIpc) is 2.32. The molecule has 2 rings (SSSR count). The molecule has 0 radical (unpaired) electrons. The molecule has 1 aromatic heterocycles. The highest BCUT2D eigenvalue weighted by molar-refractivity contribution is 6.33. The summed E-state index contributed by atoms with van der Waals surface area (Å²) >= 11 is 11.7. The van der Waals surface area contributed by atoms with Crippen LogP contribution in [-0.2, 0) is 0 Å². The summed E-state index contributed by atoms with van der Waals surface area (Å²) in [6, 6.07) is 0. The fraction of sp³-hybridized carbons (Fsp3) is 0.636. The van der Waals surface area contributed by atoms with Crippen LogP contribution in [0.5, 0.6) is 0 Å². The molecule has 6 heteroatoms. The Bertz CT molecular complexity index is 381. The van der Waals surface area contributed by atoms with Crippen LogP contribution in [-0.4, -0.2) is 27.7 Å². The minimum Gasteiger partial charge on any atom is -0.393 e. The first-order valence-electron chi connectivity index (χ1n) is 5.75.